The molecule has 3 fully saturated rings. The lowest BCUT2D eigenvalue weighted by Crippen LogP contribution is -2.47. The summed E-state index contributed by atoms with van der Waals surface area (Å²) in [6, 6.07) is 1.26. The number of amidine groups is 1. The van der Waals surface area contributed by atoms with Gasteiger partial charge in [-0.05, 0) is 26.3 Å². The van der Waals surface area contributed by atoms with Crippen molar-refractivity contribution in [1.29, 1.82) is 0 Å². The summed E-state index contributed by atoms with van der Waals surface area (Å²) in [5.74, 6) is 1.14. The van der Waals surface area contributed by atoms with E-state index in [1.54, 1.807) is 0 Å². The molecular weight excluding hydrogens is 234 g/mol. The molecule has 0 aliphatic carbocycles. The maximum absolute atomic E-state index is 5.89. The second-order valence-corrected chi connectivity index (χ2v) is 6.26. The van der Waals surface area contributed by atoms with Gasteiger partial charge in [0.1, 0.15) is 0 Å². The highest BCUT2D eigenvalue weighted by molar-refractivity contribution is 8.14. The van der Waals surface area contributed by atoms with Gasteiger partial charge in [0.25, 0.3) is 0 Å². The third-order valence-corrected chi connectivity index (χ3v) is 4.93. The molecule has 0 aromatic rings. The van der Waals surface area contributed by atoms with E-state index >= 15 is 0 Å². The van der Waals surface area contributed by atoms with Gasteiger partial charge in [0, 0.05) is 24.4 Å². The van der Waals surface area contributed by atoms with Crippen molar-refractivity contribution in [3.63, 3.8) is 0 Å². The fourth-order valence-corrected chi connectivity index (χ4v) is 3.71. The Morgan fingerprint density at radius 3 is 3.35 bits per heavy atom. The number of aliphatic imine (C=N–C) groups is 1. The molecule has 3 unspecified atom stereocenters. The summed E-state index contributed by atoms with van der Waals surface area (Å²) in [4.78, 5) is 7.20. The molecule has 0 radical (unpaired) electrons. The van der Waals surface area contributed by atoms with E-state index in [2.05, 4.69) is 22.1 Å². The maximum atomic E-state index is 5.89. The molecule has 3 aliphatic heterocycles. The van der Waals surface area contributed by atoms with Crippen LogP contribution in [0.15, 0.2) is 4.99 Å². The Morgan fingerprint density at radius 1 is 1.59 bits per heavy atom. The van der Waals surface area contributed by atoms with Crippen LogP contribution in [0.3, 0.4) is 0 Å². The number of morpholine rings is 1. The third kappa shape index (κ3) is 2.77. The van der Waals surface area contributed by atoms with E-state index in [9.17, 15) is 0 Å². The Bertz CT molecular complexity index is 310. The van der Waals surface area contributed by atoms with Crippen LogP contribution < -0.4 is 5.32 Å². The largest absolute Gasteiger partial charge is 0.373 e. The summed E-state index contributed by atoms with van der Waals surface area (Å²) in [5.41, 5.74) is 0. The third-order valence-electron chi connectivity index (χ3n) is 3.74. The number of nitrogens with one attached hydrogen (secondary N) is 1. The average Bonchev–Trinajstić information content (AvgIpc) is 2.94. The predicted octanol–water partition coefficient (Wildman–Crippen LogP) is 0.930. The van der Waals surface area contributed by atoms with Crippen molar-refractivity contribution < 1.29 is 4.74 Å². The Labute approximate surface area is 107 Å². The second kappa shape index (κ2) is 5.16. The van der Waals surface area contributed by atoms with E-state index in [1.807, 2.05) is 11.8 Å². The molecule has 0 amide bonds. The maximum Gasteiger partial charge on any atom is 0.156 e. The van der Waals surface area contributed by atoms with E-state index in [0.717, 1.165) is 30.6 Å². The van der Waals surface area contributed by atoms with Crippen LogP contribution in [0.4, 0.5) is 0 Å². The first-order valence-electron chi connectivity index (χ1n) is 6.60. The molecule has 0 aromatic heterocycles. The van der Waals surface area contributed by atoms with Gasteiger partial charge in [-0.25, -0.2) is 0 Å². The molecule has 5 heteroatoms. The minimum atomic E-state index is 0.301. The van der Waals surface area contributed by atoms with E-state index in [-0.39, 0.29) is 0 Å². The Morgan fingerprint density at radius 2 is 2.53 bits per heavy atom. The predicted molar refractivity (Wildman–Crippen MR) is 71.7 cm³/mol. The number of hydrogen-bond donors (Lipinski definition) is 1. The highest BCUT2D eigenvalue weighted by Gasteiger charge is 2.32. The standard InChI is InChI=1S/C12H21N3OS/c1-9-8-17-12(14-9)13-5-11-6-15-4-2-3-10(15)7-16-11/h9-11H,2-8H2,1H3,(H,13,14). The molecule has 0 saturated carbocycles. The van der Waals surface area contributed by atoms with Crippen molar-refractivity contribution in [2.24, 2.45) is 4.99 Å². The molecule has 0 bridgehead atoms. The summed E-state index contributed by atoms with van der Waals surface area (Å²) >= 11 is 1.83. The van der Waals surface area contributed by atoms with Gasteiger partial charge in [0.15, 0.2) is 5.17 Å². The fraction of sp³-hybridized carbons (Fsp3) is 0.917. The Balaban J connectivity index is 1.49. The number of nitrogens with zero attached hydrogens (tertiary/aromatic N) is 2. The summed E-state index contributed by atoms with van der Waals surface area (Å²) in [6.45, 7) is 6.24. The zero-order chi connectivity index (χ0) is 11.7. The molecule has 96 valence electrons. The van der Waals surface area contributed by atoms with E-state index in [0.29, 0.717) is 18.2 Å². The average molecular weight is 255 g/mol. The molecule has 3 aliphatic rings. The second-order valence-electron chi connectivity index (χ2n) is 5.25. The van der Waals surface area contributed by atoms with Gasteiger partial charge in [0.2, 0.25) is 0 Å². The minimum absolute atomic E-state index is 0.301. The van der Waals surface area contributed by atoms with Crippen LogP contribution in [-0.4, -0.2) is 60.2 Å². The lowest BCUT2D eigenvalue weighted by molar-refractivity contribution is -0.0431. The van der Waals surface area contributed by atoms with E-state index in [4.69, 9.17) is 4.74 Å². The van der Waals surface area contributed by atoms with Crippen molar-refractivity contribution in [2.75, 3.05) is 32.0 Å². The molecule has 4 nitrogen and oxygen atoms in total. The minimum Gasteiger partial charge on any atom is -0.373 e. The van der Waals surface area contributed by atoms with Gasteiger partial charge in [-0.3, -0.25) is 9.89 Å². The number of thioether (sulfide) groups is 1. The fourth-order valence-electron chi connectivity index (χ4n) is 2.77. The van der Waals surface area contributed by atoms with Crippen molar-refractivity contribution in [3.8, 4) is 0 Å². The Hall–Kier alpha value is -0.260. The lowest BCUT2D eigenvalue weighted by Gasteiger charge is -2.34. The zero-order valence-corrected chi connectivity index (χ0v) is 11.2. The highest BCUT2D eigenvalue weighted by Crippen LogP contribution is 2.23. The first kappa shape index (κ1) is 11.8. The molecule has 3 atom stereocenters. The summed E-state index contributed by atoms with van der Waals surface area (Å²) in [7, 11) is 0. The van der Waals surface area contributed by atoms with Crippen LogP contribution in [0.2, 0.25) is 0 Å². The number of hydrogen-bond acceptors (Lipinski definition) is 4. The molecule has 1 N–H and O–H groups in total. The van der Waals surface area contributed by atoms with Crippen LogP contribution in [-0.2, 0) is 4.74 Å². The number of ether oxygens (including phenoxy) is 1. The van der Waals surface area contributed by atoms with Gasteiger partial charge in [0.05, 0.1) is 19.3 Å². The summed E-state index contributed by atoms with van der Waals surface area (Å²) in [5, 5.41) is 4.49. The van der Waals surface area contributed by atoms with Crippen LogP contribution in [0, 0.1) is 0 Å². The van der Waals surface area contributed by atoms with Gasteiger partial charge in [-0.1, -0.05) is 11.8 Å². The van der Waals surface area contributed by atoms with E-state index < -0.39 is 0 Å². The molecule has 0 spiro atoms. The van der Waals surface area contributed by atoms with Gasteiger partial charge < -0.3 is 10.1 Å². The molecule has 17 heavy (non-hydrogen) atoms. The smallest absolute Gasteiger partial charge is 0.156 e. The van der Waals surface area contributed by atoms with Gasteiger partial charge >= 0.3 is 0 Å². The van der Waals surface area contributed by atoms with Crippen molar-refractivity contribution in [3.05, 3.63) is 0 Å². The van der Waals surface area contributed by atoms with Crippen LogP contribution in [0.25, 0.3) is 0 Å². The monoisotopic (exact) mass is 255 g/mol. The van der Waals surface area contributed by atoms with Gasteiger partial charge in [-0.2, -0.15) is 0 Å². The van der Waals surface area contributed by atoms with Crippen LogP contribution in [0.1, 0.15) is 19.8 Å². The lowest BCUT2D eigenvalue weighted by atomic mass is 10.2. The highest BCUT2D eigenvalue weighted by atomic mass is 32.2. The first-order chi connectivity index (χ1) is 8.31. The van der Waals surface area contributed by atoms with E-state index in [1.165, 1.54) is 19.4 Å². The number of rotatable bonds is 2. The Kier molecular flexibility index (Phi) is 3.59. The van der Waals surface area contributed by atoms with Crippen molar-refractivity contribution in [1.82, 2.24) is 10.2 Å². The SMILES string of the molecule is CC1CSC(=NCC2CN3CCCC3CO2)N1. The van der Waals surface area contributed by atoms with Crippen LogP contribution >= 0.6 is 11.8 Å². The molecule has 3 heterocycles. The van der Waals surface area contributed by atoms with Crippen molar-refractivity contribution >= 4 is 16.9 Å². The topological polar surface area (TPSA) is 36.9 Å². The molecule has 0 aromatic carbocycles. The van der Waals surface area contributed by atoms with Crippen molar-refractivity contribution in [2.45, 2.75) is 38.0 Å². The molecule has 3 saturated heterocycles. The zero-order valence-electron chi connectivity index (χ0n) is 10.4. The number of fused-ring (bicyclic) bond motifs is 1. The summed E-state index contributed by atoms with van der Waals surface area (Å²) < 4.78 is 5.89. The molecule has 3 rings (SSSR count). The quantitative estimate of drug-likeness (QED) is 0.796. The van der Waals surface area contributed by atoms with Gasteiger partial charge in [-0.15, -0.1) is 0 Å². The van der Waals surface area contributed by atoms with Crippen LogP contribution in [0.5, 0.6) is 0 Å². The summed E-state index contributed by atoms with van der Waals surface area (Å²) in [6.07, 6.45) is 2.95. The normalized spacial score (nSPS) is 40.5. The molecular formula is C12H21N3OS. The first-order valence-corrected chi connectivity index (χ1v) is 7.59.